The number of hydrogen-bond donors (Lipinski definition) is 1. The summed E-state index contributed by atoms with van der Waals surface area (Å²) in [4.78, 5) is 0. The van der Waals surface area contributed by atoms with Crippen LogP contribution in [0.1, 0.15) is 30.0 Å². The topological polar surface area (TPSA) is 30.5 Å². The minimum absolute atomic E-state index is 0.0377. The van der Waals surface area contributed by atoms with Crippen LogP contribution in [-0.4, -0.2) is 13.2 Å². The van der Waals surface area contributed by atoms with Crippen LogP contribution in [0.15, 0.2) is 66.7 Å². The fourth-order valence-corrected chi connectivity index (χ4v) is 3.40. The molecule has 0 amide bonds. The maximum absolute atomic E-state index is 13.9. The molecule has 3 nitrogen and oxygen atoms in total. The lowest BCUT2D eigenvalue weighted by Crippen LogP contribution is -2.26. The first-order chi connectivity index (χ1) is 14.6. The fourth-order valence-electron chi connectivity index (χ4n) is 3.18. The van der Waals surface area contributed by atoms with Crippen molar-refractivity contribution in [1.82, 2.24) is 5.32 Å². The molecule has 3 rings (SSSR count). The molecule has 3 aromatic carbocycles. The number of hydrogen-bond acceptors (Lipinski definition) is 3. The fraction of sp³-hybridized carbons (Fsp3) is 0.280. The van der Waals surface area contributed by atoms with Gasteiger partial charge < -0.3 is 14.8 Å². The Labute approximate surface area is 182 Å². The Morgan fingerprint density at radius 3 is 2.50 bits per heavy atom. The van der Waals surface area contributed by atoms with E-state index in [0.717, 1.165) is 24.9 Å². The van der Waals surface area contributed by atoms with Crippen molar-refractivity contribution in [2.45, 2.75) is 39.0 Å². The van der Waals surface area contributed by atoms with Crippen LogP contribution in [0.4, 0.5) is 4.39 Å². The largest absolute Gasteiger partial charge is 0.493 e. The molecule has 158 valence electrons. The van der Waals surface area contributed by atoms with E-state index in [0.29, 0.717) is 28.1 Å². The summed E-state index contributed by atoms with van der Waals surface area (Å²) in [6.07, 6.45) is 2.11. The molecule has 0 saturated heterocycles. The average molecular weight is 428 g/mol. The molecule has 5 heteroatoms. The van der Waals surface area contributed by atoms with Crippen LogP contribution in [-0.2, 0) is 19.6 Å². The second-order valence-electron chi connectivity index (χ2n) is 7.28. The second kappa shape index (κ2) is 11.0. The highest BCUT2D eigenvalue weighted by molar-refractivity contribution is 6.31. The molecule has 0 aliphatic carbocycles. The standard InChI is InChI=1S/C25H27ClFNO2/c1-18(11-12-19-7-4-3-5-8-19)28-16-20-13-14-24(25(15-20)29-2)30-17-21-22(26)9-6-10-23(21)27/h3-10,13-15,18,28H,11-12,16-17H2,1-2H3/t18-/m1/s1. The zero-order valence-electron chi connectivity index (χ0n) is 17.3. The zero-order chi connectivity index (χ0) is 21.3. The van der Waals surface area contributed by atoms with Crippen molar-refractivity contribution in [2.24, 2.45) is 0 Å². The molecule has 0 spiro atoms. The minimum atomic E-state index is -0.383. The molecule has 0 fully saturated rings. The first-order valence-electron chi connectivity index (χ1n) is 10.1. The number of methoxy groups -OCH3 is 1. The van der Waals surface area contributed by atoms with Gasteiger partial charge in [0.2, 0.25) is 0 Å². The van der Waals surface area contributed by atoms with Gasteiger partial charge in [0.1, 0.15) is 12.4 Å². The predicted molar refractivity (Wildman–Crippen MR) is 120 cm³/mol. The lowest BCUT2D eigenvalue weighted by Gasteiger charge is -2.16. The number of aryl methyl sites for hydroxylation is 1. The Kier molecular flexibility index (Phi) is 8.12. The maximum Gasteiger partial charge on any atom is 0.161 e. The molecule has 3 aromatic rings. The van der Waals surface area contributed by atoms with Crippen molar-refractivity contribution < 1.29 is 13.9 Å². The van der Waals surface area contributed by atoms with Gasteiger partial charge in [-0.2, -0.15) is 0 Å². The quantitative estimate of drug-likeness (QED) is 0.419. The van der Waals surface area contributed by atoms with E-state index in [1.165, 1.54) is 11.6 Å². The molecule has 1 N–H and O–H groups in total. The molecule has 0 unspecified atom stereocenters. The van der Waals surface area contributed by atoms with Crippen LogP contribution in [0.5, 0.6) is 11.5 Å². The van der Waals surface area contributed by atoms with Crippen LogP contribution in [0, 0.1) is 5.82 Å². The van der Waals surface area contributed by atoms with E-state index in [-0.39, 0.29) is 12.4 Å². The van der Waals surface area contributed by atoms with Crippen molar-refractivity contribution in [2.75, 3.05) is 7.11 Å². The SMILES string of the molecule is COc1cc(CN[C@H](C)CCc2ccccc2)ccc1OCc1c(F)cccc1Cl. The summed E-state index contributed by atoms with van der Waals surface area (Å²) in [5.74, 6) is 0.781. The molecule has 1 atom stereocenters. The van der Waals surface area contributed by atoms with Crippen LogP contribution in [0.3, 0.4) is 0 Å². The number of rotatable bonds is 10. The zero-order valence-corrected chi connectivity index (χ0v) is 18.1. The Morgan fingerprint density at radius 1 is 0.967 bits per heavy atom. The Hall–Kier alpha value is -2.56. The van der Waals surface area contributed by atoms with Gasteiger partial charge in [0.15, 0.2) is 11.5 Å². The second-order valence-corrected chi connectivity index (χ2v) is 7.69. The Bertz CT molecular complexity index is 929. The summed E-state index contributed by atoms with van der Waals surface area (Å²) >= 11 is 6.07. The molecule has 0 aliphatic rings. The highest BCUT2D eigenvalue weighted by Crippen LogP contribution is 2.30. The van der Waals surface area contributed by atoms with E-state index >= 15 is 0 Å². The Balaban J connectivity index is 1.54. The van der Waals surface area contributed by atoms with Gasteiger partial charge in [-0.3, -0.25) is 0 Å². The molecule has 0 aromatic heterocycles. The van der Waals surface area contributed by atoms with E-state index in [9.17, 15) is 4.39 Å². The summed E-state index contributed by atoms with van der Waals surface area (Å²) in [6.45, 7) is 2.96. The van der Waals surface area contributed by atoms with Crippen LogP contribution >= 0.6 is 11.6 Å². The molecular formula is C25H27ClFNO2. The van der Waals surface area contributed by atoms with Gasteiger partial charge in [0.25, 0.3) is 0 Å². The monoisotopic (exact) mass is 427 g/mol. The molecule has 30 heavy (non-hydrogen) atoms. The smallest absolute Gasteiger partial charge is 0.161 e. The van der Waals surface area contributed by atoms with Gasteiger partial charge in [-0.15, -0.1) is 0 Å². The van der Waals surface area contributed by atoms with E-state index in [2.05, 4.69) is 36.5 Å². The van der Waals surface area contributed by atoms with Gasteiger partial charge in [0.05, 0.1) is 12.1 Å². The van der Waals surface area contributed by atoms with Crippen LogP contribution in [0.2, 0.25) is 5.02 Å². The van der Waals surface area contributed by atoms with Gasteiger partial charge >= 0.3 is 0 Å². The minimum Gasteiger partial charge on any atom is -0.493 e. The summed E-state index contributed by atoms with van der Waals surface area (Å²) in [6, 6.07) is 21.2. The highest BCUT2D eigenvalue weighted by Gasteiger charge is 2.11. The first-order valence-corrected chi connectivity index (χ1v) is 10.4. The molecule has 0 saturated carbocycles. The Morgan fingerprint density at radius 2 is 1.77 bits per heavy atom. The van der Waals surface area contributed by atoms with Gasteiger partial charge in [-0.25, -0.2) is 4.39 Å². The maximum atomic E-state index is 13.9. The highest BCUT2D eigenvalue weighted by atomic mass is 35.5. The van der Waals surface area contributed by atoms with Gasteiger partial charge in [0, 0.05) is 18.2 Å². The van der Waals surface area contributed by atoms with Crippen molar-refractivity contribution in [3.05, 3.63) is 94.3 Å². The first kappa shape index (κ1) is 22.1. The lowest BCUT2D eigenvalue weighted by atomic mass is 10.1. The molecule has 0 heterocycles. The summed E-state index contributed by atoms with van der Waals surface area (Å²) in [7, 11) is 1.60. The van der Waals surface area contributed by atoms with Crippen LogP contribution in [0.25, 0.3) is 0 Å². The molecule has 0 aliphatic heterocycles. The van der Waals surface area contributed by atoms with Crippen molar-refractivity contribution in [1.29, 1.82) is 0 Å². The summed E-state index contributed by atoms with van der Waals surface area (Å²) in [5, 5.41) is 3.90. The molecule has 0 radical (unpaired) electrons. The van der Waals surface area contributed by atoms with E-state index in [1.54, 1.807) is 19.2 Å². The summed E-state index contributed by atoms with van der Waals surface area (Å²) in [5.41, 5.74) is 2.78. The van der Waals surface area contributed by atoms with Crippen molar-refractivity contribution in [3.63, 3.8) is 0 Å². The average Bonchev–Trinajstić information content (AvgIpc) is 2.77. The van der Waals surface area contributed by atoms with Gasteiger partial charge in [-0.05, 0) is 55.2 Å². The third-order valence-electron chi connectivity index (χ3n) is 5.03. The van der Waals surface area contributed by atoms with Gasteiger partial charge in [-0.1, -0.05) is 54.1 Å². The van der Waals surface area contributed by atoms with E-state index in [1.807, 2.05) is 24.3 Å². The van der Waals surface area contributed by atoms with Crippen molar-refractivity contribution >= 4 is 11.6 Å². The predicted octanol–water partition coefficient (Wildman–Crippen LogP) is 6.18. The number of ether oxygens (including phenoxy) is 2. The normalized spacial score (nSPS) is 11.9. The van der Waals surface area contributed by atoms with E-state index in [4.69, 9.17) is 21.1 Å². The molecule has 0 bridgehead atoms. The van der Waals surface area contributed by atoms with E-state index < -0.39 is 0 Å². The lowest BCUT2D eigenvalue weighted by molar-refractivity contribution is 0.279. The molecular weight excluding hydrogens is 401 g/mol. The number of halogens is 2. The third-order valence-corrected chi connectivity index (χ3v) is 5.38. The number of benzene rings is 3. The van der Waals surface area contributed by atoms with Crippen molar-refractivity contribution in [3.8, 4) is 11.5 Å². The van der Waals surface area contributed by atoms with Crippen LogP contribution < -0.4 is 14.8 Å². The summed E-state index contributed by atoms with van der Waals surface area (Å²) < 4.78 is 25.2. The number of nitrogens with one attached hydrogen (secondary N) is 1. The third kappa shape index (κ3) is 6.22.